The fourth-order valence-corrected chi connectivity index (χ4v) is 3.45. The summed E-state index contributed by atoms with van der Waals surface area (Å²) in [7, 11) is 0. The lowest BCUT2D eigenvalue weighted by Gasteiger charge is -2.22. The number of ether oxygens (including phenoxy) is 2. The minimum atomic E-state index is -0.472. The number of amides is 3. The number of carbonyl (C=O) groups excluding carboxylic acids is 3. The van der Waals surface area contributed by atoms with E-state index in [1.54, 1.807) is 47.4 Å². The summed E-state index contributed by atoms with van der Waals surface area (Å²) < 4.78 is 11.1. The summed E-state index contributed by atoms with van der Waals surface area (Å²) in [5.41, 5.74) is 1.84. The van der Waals surface area contributed by atoms with Crippen molar-refractivity contribution in [3.05, 3.63) is 42.5 Å². The van der Waals surface area contributed by atoms with Crippen LogP contribution < -0.4 is 25.0 Å². The average Bonchev–Trinajstić information content (AvgIpc) is 3.09. The van der Waals surface area contributed by atoms with Crippen LogP contribution in [0.4, 0.5) is 17.1 Å². The third kappa shape index (κ3) is 4.16. The summed E-state index contributed by atoms with van der Waals surface area (Å²) in [5, 5.41) is 5.50. The topological polar surface area (TPSA) is 97.0 Å². The second kappa shape index (κ2) is 7.83. The van der Waals surface area contributed by atoms with E-state index in [0.717, 1.165) is 0 Å². The van der Waals surface area contributed by atoms with Crippen LogP contribution in [0, 0.1) is 5.92 Å². The number of fused-ring (bicyclic) bond motifs is 1. The minimum absolute atomic E-state index is 0.117. The molecule has 2 aromatic carbocycles. The Balaban J connectivity index is 1.44. The van der Waals surface area contributed by atoms with E-state index in [0.29, 0.717) is 41.8 Å². The lowest BCUT2D eigenvalue weighted by molar-refractivity contribution is -0.122. The molecule has 2 aromatic rings. The van der Waals surface area contributed by atoms with Gasteiger partial charge in [0.05, 0.1) is 5.92 Å². The molecular formula is C21H21N3O5. The zero-order chi connectivity index (χ0) is 20.4. The van der Waals surface area contributed by atoms with Gasteiger partial charge in [-0.3, -0.25) is 14.4 Å². The van der Waals surface area contributed by atoms with E-state index >= 15 is 0 Å². The predicted molar refractivity (Wildman–Crippen MR) is 107 cm³/mol. The zero-order valence-corrected chi connectivity index (χ0v) is 15.9. The van der Waals surface area contributed by atoms with Crippen LogP contribution in [0.5, 0.6) is 11.5 Å². The Morgan fingerprint density at radius 1 is 1.00 bits per heavy atom. The standard InChI is InChI=1S/C21H21N3O5/c1-13(25)22-15-3-2-4-16(10-15)23-21(27)14-9-20(26)24(12-14)17-5-6-18-19(11-17)29-8-7-28-18/h2-6,10-11,14H,7-9,12H2,1H3,(H,22,25)(H,23,27)/t14-/m1/s1. The molecule has 1 fully saturated rings. The number of hydrogen-bond acceptors (Lipinski definition) is 5. The molecule has 4 rings (SSSR count). The highest BCUT2D eigenvalue weighted by Gasteiger charge is 2.35. The molecule has 2 aliphatic heterocycles. The van der Waals surface area contributed by atoms with Crippen molar-refractivity contribution in [3.63, 3.8) is 0 Å². The molecular weight excluding hydrogens is 374 g/mol. The summed E-state index contributed by atoms with van der Waals surface area (Å²) in [6, 6.07) is 12.2. The molecule has 2 aliphatic rings. The Morgan fingerprint density at radius 3 is 2.48 bits per heavy atom. The van der Waals surface area contributed by atoms with Crippen molar-refractivity contribution in [2.75, 3.05) is 35.3 Å². The first-order valence-corrected chi connectivity index (χ1v) is 9.38. The SMILES string of the molecule is CC(=O)Nc1cccc(NC(=O)[C@@H]2CC(=O)N(c3ccc4c(c3)OCCO4)C2)c1. The van der Waals surface area contributed by atoms with E-state index < -0.39 is 5.92 Å². The van der Waals surface area contributed by atoms with E-state index in [-0.39, 0.29) is 30.7 Å². The molecule has 8 nitrogen and oxygen atoms in total. The molecule has 8 heteroatoms. The van der Waals surface area contributed by atoms with Crippen LogP contribution in [0.3, 0.4) is 0 Å². The van der Waals surface area contributed by atoms with Gasteiger partial charge in [-0.2, -0.15) is 0 Å². The Hall–Kier alpha value is -3.55. The van der Waals surface area contributed by atoms with Gasteiger partial charge in [0.25, 0.3) is 0 Å². The number of anilines is 3. The maximum absolute atomic E-state index is 12.7. The molecule has 0 aromatic heterocycles. The molecule has 29 heavy (non-hydrogen) atoms. The van der Waals surface area contributed by atoms with Gasteiger partial charge in [-0.1, -0.05) is 6.07 Å². The summed E-state index contributed by atoms with van der Waals surface area (Å²) in [5.74, 6) is 0.237. The van der Waals surface area contributed by atoms with Gasteiger partial charge in [0.1, 0.15) is 13.2 Å². The van der Waals surface area contributed by atoms with Gasteiger partial charge in [0.2, 0.25) is 17.7 Å². The molecule has 1 saturated heterocycles. The van der Waals surface area contributed by atoms with Crippen molar-refractivity contribution in [1.29, 1.82) is 0 Å². The first-order chi connectivity index (χ1) is 14.0. The number of carbonyl (C=O) groups is 3. The van der Waals surface area contributed by atoms with E-state index in [4.69, 9.17) is 9.47 Å². The lowest BCUT2D eigenvalue weighted by atomic mass is 10.1. The third-order valence-electron chi connectivity index (χ3n) is 4.78. The van der Waals surface area contributed by atoms with Crippen molar-refractivity contribution in [3.8, 4) is 11.5 Å². The normalized spacial score (nSPS) is 17.8. The third-order valence-corrected chi connectivity index (χ3v) is 4.78. The molecule has 0 spiro atoms. The highest BCUT2D eigenvalue weighted by Crippen LogP contribution is 2.36. The number of benzene rings is 2. The highest BCUT2D eigenvalue weighted by molar-refractivity contribution is 6.04. The Kier molecular flexibility index (Phi) is 5.07. The van der Waals surface area contributed by atoms with Gasteiger partial charge in [0, 0.05) is 43.0 Å². The average molecular weight is 395 g/mol. The summed E-state index contributed by atoms with van der Waals surface area (Å²) in [6.45, 7) is 2.67. The van der Waals surface area contributed by atoms with Gasteiger partial charge in [-0.15, -0.1) is 0 Å². The summed E-state index contributed by atoms with van der Waals surface area (Å²) >= 11 is 0. The van der Waals surface area contributed by atoms with Crippen molar-refractivity contribution >= 4 is 34.8 Å². The Morgan fingerprint density at radius 2 is 1.72 bits per heavy atom. The highest BCUT2D eigenvalue weighted by atomic mass is 16.6. The number of hydrogen-bond donors (Lipinski definition) is 2. The smallest absolute Gasteiger partial charge is 0.229 e. The minimum Gasteiger partial charge on any atom is -0.486 e. The lowest BCUT2D eigenvalue weighted by Crippen LogP contribution is -2.28. The first kappa shape index (κ1) is 18.8. The van der Waals surface area contributed by atoms with E-state index in [2.05, 4.69) is 10.6 Å². The molecule has 0 radical (unpaired) electrons. The van der Waals surface area contributed by atoms with Gasteiger partial charge in [-0.05, 0) is 30.3 Å². The first-order valence-electron chi connectivity index (χ1n) is 9.38. The second-order valence-electron chi connectivity index (χ2n) is 6.98. The fraction of sp³-hybridized carbons (Fsp3) is 0.286. The van der Waals surface area contributed by atoms with Crippen molar-refractivity contribution < 1.29 is 23.9 Å². The number of nitrogens with zero attached hydrogens (tertiary/aromatic N) is 1. The van der Waals surface area contributed by atoms with Crippen LogP contribution in [0.1, 0.15) is 13.3 Å². The molecule has 2 heterocycles. The molecule has 0 bridgehead atoms. The maximum Gasteiger partial charge on any atom is 0.229 e. The second-order valence-corrected chi connectivity index (χ2v) is 6.98. The molecule has 0 aliphatic carbocycles. The molecule has 0 saturated carbocycles. The molecule has 2 N–H and O–H groups in total. The molecule has 1 atom stereocenters. The van der Waals surface area contributed by atoms with Gasteiger partial charge < -0.3 is 25.0 Å². The van der Waals surface area contributed by atoms with Crippen LogP contribution >= 0.6 is 0 Å². The summed E-state index contributed by atoms with van der Waals surface area (Å²) in [6.07, 6.45) is 0.131. The van der Waals surface area contributed by atoms with Crippen LogP contribution in [-0.2, 0) is 14.4 Å². The Bertz CT molecular complexity index is 975. The molecule has 3 amide bonds. The largest absolute Gasteiger partial charge is 0.486 e. The van der Waals surface area contributed by atoms with Crippen LogP contribution in [0.15, 0.2) is 42.5 Å². The quantitative estimate of drug-likeness (QED) is 0.829. The van der Waals surface area contributed by atoms with Crippen LogP contribution in [-0.4, -0.2) is 37.5 Å². The van der Waals surface area contributed by atoms with Gasteiger partial charge in [0.15, 0.2) is 11.5 Å². The van der Waals surface area contributed by atoms with Crippen molar-refractivity contribution in [2.24, 2.45) is 5.92 Å². The van der Waals surface area contributed by atoms with Gasteiger partial charge >= 0.3 is 0 Å². The predicted octanol–water partition coefficient (Wildman–Crippen LogP) is 2.41. The van der Waals surface area contributed by atoms with Crippen molar-refractivity contribution in [2.45, 2.75) is 13.3 Å². The van der Waals surface area contributed by atoms with Crippen molar-refractivity contribution in [1.82, 2.24) is 0 Å². The zero-order valence-electron chi connectivity index (χ0n) is 15.9. The summed E-state index contributed by atoms with van der Waals surface area (Å²) in [4.78, 5) is 38.0. The van der Waals surface area contributed by atoms with Crippen LogP contribution in [0.2, 0.25) is 0 Å². The monoisotopic (exact) mass is 395 g/mol. The van der Waals surface area contributed by atoms with E-state index in [9.17, 15) is 14.4 Å². The van der Waals surface area contributed by atoms with E-state index in [1.165, 1.54) is 6.92 Å². The molecule has 0 unspecified atom stereocenters. The Labute approximate surface area is 167 Å². The van der Waals surface area contributed by atoms with Crippen LogP contribution in [0.25, 0.3) is 0 Å². The van der Waals surface area contributed by atoms with Gasteiger partial charge in [-0.25, -0.2) is 0 Å². The number of nitrogens with one attached hydrogen (secondary N) is 2. The fourth-order valence-electron chi connectivity index (χ4n) is 3.45. The molecule has 150 valence electrons. The van der Waals surface area contributed by atoms with E-state index in [1.807, 2.05) is 0 Å². The maximum atomic E-state index is 12.7. The number of rotatable bonds is 4.